The van der Waals surface area contributed by atoms with Crippen LogP contribution in [0.5, 0.6) is 0 Å². The third-order valence-corrected chi connectivity index (χ3v) is 2.35. The summed E-state index contributed by atoms with van der Waals surface area (Å²) in [6.07, 6.45) is 2.43. The van der Waals surface area contributed by atoms with Crippen molar-refractivity contribution >= 4 is 17.5 Å². The second-order valence-corrected chi connectivity index (χ2v) is 3.74. The van der Waals surface area contributed by atoms with Gasteiger partial charge in [-0.1, -0.05) is 18.5 Å². The van der Waals surface area contributed by atoms with Gasteiger partial charge in [-0.05, 0) is 18.6 Å². The highest BCUT2D eigenvalue weighted by Crippen LogP contribution is 2.06. The van der Waals surface area contributed by atoms with E-state index in [1.807, 2.05) is 13.0 Å². The number of aromatic nitrogens is 1. The Balaban J connectivity index is 2.65. The molecule has 0 aliphatic rings. The Labute approximate surface area is 99.2 Å². The van der Waals surface area contributed by atoms with E-state index >= 15 is 0 Å². The molecule has 0 radical (unpaired) electrons. The molecule has 0 aliphatic carbocycles. The van der Waals surface area contributed by atoms with Crippen molar-refractivity contribution in [1.82, 2.24) is 10.3 Å². The fraction of sp³-hybridized carbons (Fsp3) is 0.364. The van der Waals surface area contributed by atoms with Crippen LogP contribution in [0.15, 0.2) is 18.3 Å². The monoisotopic (exact) mass is 237 g/mol. The second-order valence-electron chi connectivity index (χ2n) is 3.30. The number of hydrogen-bond acceptors (Lipinski definition) is 3. The molecule has 1 unspecified atom stereocenters. The maximum absolute atomic E-state index is 11.7. The first-order chi connectivity index (χ1) is 7.67. The zero-order valence-corrected chi connectivity index (χ0v) is 9.66. The van der Waals surface area contributed by atoms with Gasteiger partial charge < -0.3 is 5.32 Å². The summed E-state index contributed by atoms with van der Waals surface area (Å²) in [6, 6.07) is 5.06. The summed E-state index contributed by atoms with van der Waals surface area (Å²) in [5.41, 5.74) is 0.306. The number of carbonyl (C=O) groups is 1. The van der Waals surface area contributed by atoms with E-state index in [1.54, 1.807) is 12.1 Å². The van der Waals surface area contributed by atoms with Crippen molar-refractivity contribution in [2.75, 3.05) is 0 Å². The molecule has 16 heavy (non-hydrogen) atoms. The van der Waals surface area contributed by atoms with E-state index in [0.29, 0.717) is 23.6 Å². The third-order valence-electron chi connectivity index (χ3n) is 2.13. The van der Waals surface area contributed by atoms with Crippen molar-refractivity contribution in [2.24, 2.45) is 0 Å². The number of halogens is 1. The Morgan fingerprint density at radius 1 is 1.69 bits per heavy atom. The van der Waals surface area contributed by atoms with Crippen LogP contribution in [0.2, 0.25) is 5.02 Å². The van der Waals surface area contributed by atoms with Crippen molar-refractivity contribution in [3.8, 4) is 6.07 Å². The highest BCUT2D eigenvalue weighted by Gasteiger charge is 2.12. The van der Waals surface area contributed by atoms with Gasteiger partial charge in [0.15, 0.2) is 0 Å². The predicted molar refractivity (Wildman–Crippen MR) is 61.0 cm³/mol. The summed E-state index contributed by atoms with van der Waals surface area (Å²) in [5.74, 6) is -0.279. The summed E-state index contributed by atoms with van der Waals surface area (Å²) in [5, 5.41) is 11.8. The molecule has 0 aliphatic heterocycles. The average Bonchev–Trinajstić information content (AvgIpc) is 2.29. The van der Waals surface area contributed by atoms with Gasteiger partial charge in [0.25, 0.3) is 5.91 Å². The minimum atomic E-state index is -0.279. The molecular formula is C11H12ClN3O. The molecule has 0 saturated heterocycles. The smallest absolute Gasteiger partial charge is 0.270 e. The van der Waals surface area contributed by atoms with E-state index in [2.05, 4.69) is 10.3 Å². The first-order valence-corrected chi connectivity index (χ1v) is 5.34. The van der Waals surface area contributed by atoms with Crippen molar-refractivity contribution in [3.63, 3.8) is 0 Å². The summed E-state index contributed by atoms with van der Waals surface area (Å²) < 4.78 is 0. The van der Waals surface area contributed by atoms with E-state index in [0.717, 1.165) is 0 Å². The van der Waals surface area contributed by atoms with E-state index in [1.165, 1.54) is 6.20 Å². The molecule has 1 N–H and O–H groups in total. The molecular weight excluding hydrogens is 226 g/mol. The van der Waals surface area contributed by atoms with Gasteiger partial charge >= 0.3 is 0 Å². The second kappa shape index (κ2) is 6.09. The van der Waals surface area contributed by atoms with Crippen molar-refractivity contribution in [2.45, 2.75) is 25.8 Å². The van der Waals surface area contributed by atoms with E-state index in [4.69, 9.17) is 16.9 Å². The molecule has 84 valence electrons. The number of pyridine rings is 1. The van der Waals surface area contributed by atoms with Gasteiger partial charge in [0.2, 0.25) is 0 Å². The lowest BCUT2D eigenvalue weighted by Gasteiger charge is -2.12. The van der Waals surface area contributed by atoms with Crippen molar-refractivity contribution < 1.29 is 4.79 Å². The lowest BCUT2D eigenvalue weighted by atomic mass is 10.1. The number of amides is 1. The quantitative estimate of drug-likeness (QED) is 0.873. The Morgan fingerprint density at radius 2 is 2.44 bits per heavy atom. The topological polar surface area (TPSA) is 65.8 Å². The van der Waals surface area contributed by atoms with Crippen molar-refractivity contribution in [3.05, 3.63) is 29.0 Å². The maximum Gasteiger partial charge on any atom is 0.270 e. The normalized spacial score (nSPS) is 11.6. The van der Waals surface area contributed by atoms with Gasteiger partial charge in [0.05, 0.1) is 17.5 Å². The maximum atomic E-state index is 11.7. The van der Waals surface area contributed by atoms with Gasteiger partial charge in [-0.2, -0.15) is 5.26 Å². The number of hydrogen-bond donors (Lipinski definition) is 1. The van der Waals surface area contributed by atoms with E-state index in [-0.39, 0.29) is 11.9 Å². The summed E-state index contributed by atoms with van der Waals surface area (Å²) in [6.45, 7) is 1.91. The summed E-state index contributed by atoms with van der Waals surface area (Å²) in [4.78, 5) is 15.6. The fourth-order valence-corrected chi connectivity index (χ4v) is 1.29. The highest BCUT2D eigenvalue weighted by atomic mass is 35.5. The van der Waals surface area contributed by atoms with Gasteiger partial charge in [0.1, 0.15) is 5.69 Å². The Kier molecular flexibility index (Phi) is 4.74. The highest BCUT2D eigenvalue weighted by molar-refractivity contribution is 6.30. The number of nitriles is 1. The lowest BCUT2D eigenvalue weighted by Crippen LogP contribution is -2.34. The zero-order valence-electron chi connectivity index (χ0n) is 8.90. The molecule has 0 spiro atoms. The zero-order chi connectivity index (χ0) is 12.0. The molecule has 1 rings (SSSR count). The van der Waals surface area contributed by atoms with Crippen LogP contribution >= 0.6 is 11.6 Å². The van der Waals surface area contributed by atoms with Gasteiger partial charge in [0, 0.05) is 12.2 Å². The van der Waals surface area contributed by atoms with Crippen LogP contribution in [-0.4, -0.2) is 16.9 Å². The summed E-state index contributed by atoms with van der Waals surface area (Å²) >= 11 is 5.66. The van der Waals surface area contributed by atoms with Crippen molar-refractivity contribution in [1.29, 1.82) is 5.26 Å². The van der Waals surface area contributed by atoms with Crippen LogP contribution in [0, 0.1) is 11.3 Å². The lowest BCUT2D eigenvalue weighted by molar-refractivity contribution is 0.0931. The first-order valence-electron chi connectivity index (χ1n) is 4.96. The minimum absolute atomic E-state index is 0.130. The Hall–Kier alpha value is -1.60. The molecule has 1 heterocycles. The molecule has 1 amide bonds. The standard InChI is InChI=1S/C11H12ClN3O/c1-2-9(5-6-13)15-11(16)10-4-3-8(12)7-14-10/h3-4,7,9H,2,5H2,1H3,(H,15,16). The molecule has 0 bridgehead atoms. The Bertz CT molecular complexity index is 397. The first kappa shape index (κ1) is 12.5. The number of rotatable bonds is 4. The Morgan fingerprint density at radius 3 is 2.94 bits per heavy atom. The molecule has 0 fully saturated rings. The molecule has 1 aromatic heterocycles. The van der Waals surface area contributed by atoms with E-state index < -0.39 is 0 Å². The summed E-state index contributed by atoms with van der Waals surface area (Å²) in [7, 11) is 0. The largest absolute Gasteiger partial charge is 0.347 e. The molecule has 5 heteroatoms. The molecule has 4 nitrogen and oxygen atoms in total. The van der Waals surface area contributed by atoms with Crippen LogP contribution in [-0.2, 0) is 0 Å². The average molecular weight is 238 g/mol. The molecule has 0 aromatic carbocycles. The van der Waals surface area contributed by atoms with Gasteiger partial charge in [-0.25, -0.2) is 4.98 Å². The number of carbonyl (C=O) groups excluding carboxylic acids is 1. The van der Waals surface area contributed by atoms with Gasteiger partial charge in [-0.3, -0.25) is 4.79 Å². The molecule has 0 saturated carbocycles. The number of nitrogens with one attached hydrogen (secondary N) is 1. The number of nitrogens with zero attached hydrogens (tertiary/aromatic N) is 2. The predicted octanol–water partition coefficient (Wildman–Crippen LogP) is 2.16. The molecule has 1 atom stereocenters. The van der Waals surface area contributed by atoms with Crippen LogP contribution in [0.25, 0.3) is 0 Å². The van der Waals surface area contributed by atoms with E-state index in [9.17, 15) is 4.79 Å². The van der Waals surface area contributed by atoms with Crippen LogP contribution in [0.4, 0.5) is 0 Å². The fourth-order valence-electron chi connectivity index (χ4n) is 1.18. The minimum Gasteiger partial charge on any atom is -0.347 e. The van der Waals surface area contributed by atoms with Crippen LogP contribution in [0.3, 0.4) is 0 Å². The SMILES string of the molecule is CCC(CC#N)NC(=O)c1ccc(Cl)cn1. The van der Waals surface area contributed by atoms with Crippen LogP contribution in [0.1, 0.15) is 30.3 Å². The molecule has 1 aromatic rings. The van der Waals surface area contributed by atoms with Gasteiger partial charge in [-0.15, -0.1) is 0 Å². The van der Waals surface area contributed by atoms with Crippen LogP contribution < -0.4 is 5.32 Å². The third kappa shape index (κ3) is 3.52.